The first-order valence-corrected chi connectivity index (χ1v) is 10.4. The van der Waals surface area contributed by atoms with E-state index in [-0.39, 0.29) is 6.29 Å². The molecule has 170 valence electrons. The molecule has 0 spiro atoms. The Morgan fingerprint density at radius 1 is 1.17 bits per heavy atom. The molecule has 1 aromatic rings. The summed E-state index contributed by atoms with van der Waals surface area (Å²) in [6.07, 6.45) is 4.20. The first-order chi connectivity index (χ1) is 14.4. The van der Waals surface area contributed by atoms with E-state index in [1.807, 2.05) is 20.8 Å². The highest BCUT2D eigenvalue weighted by Crippen LogP contribution is 2.23. The second-order valence-electron chi connectivity index (χ2n) is 7.71. The van der Waals surface area contributed by atoms with Gasteiger partial charge in [0.05, 0.1) is 19.8 Å². The summed E-state index contributed by atoms with van der Waals surface area (Å²) in [7, 11) is 0. The molecule has 0 aromatic carbocycles. The summed E-state index contributed by atoms with van der Waals surface area (Å²) in [5.74, 6) is 0.958. The van der Waals surface area contributed by atoms with Crippen molar-refractivity contribution in [1.29, 1.82) is 0 Å². The van der Waals surface area contributed by atoms with Crippen LogP contribution in [-0.4, -0.2) is 69.2 Å². The van der Waals surface area contributed by atoms with Gasteiger partial charge in [0, 0.05) is 19.3 Å². The van der Waals surface area contributed by atoms with Crippen LogP contribution in [0.1, 0.15) is 40.0 Å². The van der Waals surface area contributed by atoms with Crippen molar-refractivity contribution in [3.63, 3.8) is 0 Å². The molecule has 1 aliphatic rings. The standard InChI is InChI=1S/C21H34N2O7/c1-21(2,3)30-20(24)23-10-12-25-13-14-29-19-17(7-6-9-22-19)26-15-16-28-18-8-4-5-11-27-18/h6-7,9,18H,4-5,8,10-16H2,1-3H3,(H,23,24). The molecule has 9 heteroatoms. The second-order valence-corrected chi connectivity index (χ2v) is 7.71. The van der Waals surface area contributed by atoms with Crippen LogP contribution in [0.2, 0.25) is 0 Å². The number of amides is 1. The van der Waals surface area contributed by atoms with Crippen LogP contribution in [0.15, 0.2) is 18.3 Å². The third-order valence-corrected chi connectivity index (χ3v) is 3.90. The molecule has 1 saturated heterocycles. The van der Waals surface area contributed by atoms with Gasteiger partial charge in [0.2, 0.25) is 0 Å². The fraction of sp³-hybridized carbons (Fsp3) is 0.714. The number of hydrogen-bond acceptors (Lipinski definition) is 8. The molecule has 9 nitrogen and oxygen atoms in total. The number of ether oxygens (including phenoxy) is 6. The van der Waals surface area contributed by atoms with E-state index in [1.165, 1.54) is 0 Å². The smallest absolute Gasteiger partial charge is 0.407 e. The Balaban J connectivity index is 1.55. The maximum atomic E-state index is 11.5. The molecule has 2 heterocycles. The molecular formula is C21H34N2O7. The number of aromatic nitrogens is 1. The summed E-state index contributed by atoms with van der Waals surface area (Å²) in [4.78, 5) is 15.7. The van der Waals surface area contributed by atoms with Crippen LogP contribution in [0, 0.1) is 0 Å². The van der Waals surface area contributed by atoms with Crippen LogP contribution in [-0.2, 0) is 18.9 Å². The zero-order valence-electron chi connectivity index (χ0n) is 18.2. The number of nitrogens with one attached hydrogen (secondary N) is 1. The first kappa shape index (κ1) is 24.2. The molecule has 0 radical (unpaired) electrons. The van der Waals surface area contributed by atoms with Gasteiger partial charge in [-0.3, -0.25) is 0 Å². The Morgan fingerprint density at radius 3 is 2.77 bits per heavy atom. The van der Waals surface area contributed by atoms with Crippen molar-refractivity contribution >= 4 is 6.09 Å². The summed E-state index contributed by atoms with van der Waals surface area (Å²) in [6.45, 7) is 8.40. The van der Waals surface area contributed by atoms with Gasteiger partial charge in [-0.2, -0.15) is 0 Å². The first-order valence-electron chi connectivity index (χ1n) is 10.4. The number of carbonyl (C=O) groups is 1. The molecule has 1 unspecified atom stereocenters. The molecule has 1 fully saturated rings. The van der Waals surface area contributed by atoms with Gasteiger partial charge in [0.1, 0.15) is 18.8 Å². The third-order valence-electron chi connectivity index (χ3n) is 3.90. The molecule has 1 amide bonds. The van der Waals surface area contributed by atoms with Crippen LogP contribution >= 0.6 is 0 Å². The summed E-state index contributed by atoms with van der Waals surface area (Å²) in [5.41, 5.74) is -0.517. The van der Waals surface area contributed by atoms with Crippen LogP contribution in [0.25, 0.3) is 0 Å². The molecule has 30 heavy (non-hydrogen) atoms. The van der Waals surface area contributed by atoms with Crippen LogP contribution in [0.4, 0.5) is 4.79 Å². The van der Waals surface area contributed by atoms with E-state index in [4.69, 9.17) is 28.4 Å². The minimum Gasteiger partial charge on any atom is -0.486 e. The molecule has 0 saturated carbocycles. The Morgan fingerprint density at radius 2 is 2.00 bits per heavy atom. The van der Waals surface area contributed by atoms with Crippen molar-refractivity contribution in [1.82, 2.24) is 10.3 Å². The maximum absolute atomic E-state index is 11.5. The van der Waals surface area contributed by atoms with Gasteiger partial charge in [-0.15, -0.1) is 0 Å². The Hall–Kier alpha value is -2.10. The Kier molecular flexibility index (Phi) is 10.7. The topological polar surface area (TPSA) is 97.4 Å². The van der Waals surface area contributed by atoms with E-state index >= 15 is 0 Å². The molecule has 0 aliphatic carbocycles. The summed E-state index contributed by atoms with van der Waals surface area (Å²) in [5, 5.41) is 2.63. The van der Waals surface area contributed by atoms with E-state index in [2.05, 4.69) is 10.3 Å². The summed E-state index contributed by atoms with van der Waals surface area (Å²) < 4.78 is 33.1. The van der Waals surface area contributed by atoms with E-state index < -0.39 is 11.7 Å². The highest BCUT2D eigenvalue weighted by molar-refractivity contribution is 5.67. The van der Waals surface area contributed by atoms with Gasteiger partial charge in [0.25, 0.3) is 5.88 Å². The van der Waals surface area contributed by atoms with E-state index in [0.717, 1.165) is 25.9 Å². The van der Waals surface area contributed by atoms with Gasteiger partial charge in [0.15, 0.2) is 12.0 Å². The van der Waals surface area contributed by atoms with Crippen LogP contribution < -0.4 is 14.8 Å². The molecule has 0 bridgehead atoms. The number of carbonyl (C=O) groups excluding carboxylic acids is 1. The molecule has 1 atom stereocenters. The lowest BCUT2D eigenvalue weighted by Gasteiger charge is -2.22. The van der Waals surface area contributed by atoms with E-state index in [9.17, 15) is 4.79 Å². The van der Waals surface area contributed by atoms with Crippen molar-refractivity contribution < 1.29 is 33.2 Å². The number of alkyl carbamates (subject to hydrolysis) is 1. The number of rotatable bonds is 12. The Labute approximate surface area is 178 Å². The average molecular weight is 427 g/mol. The highest BCUT2D eigenvalue weighted by Gasteiger charge is 2.16. The molecule has 2 rings (SSSR count). The summed E-state index contributed by atoms with van der Waals surface area (Å²) >= 11 is 0. The van der Waals surface area contributed by atoms with Gasteiger partial charge < -0.3 is 33.7 Å². The zero-order chi connectivity index (χ0) is 21.7. The fourth-order valence-electron chi connectivity index (χ4n) is 2.61. The third kappa shape index (κ3) is 10.6. The lowest BCUT2D eigenvalue weighted by Crippen LogP contribution is -2.34. The predicted molar refractivity (Wildman–Crippen MR) is 110 cm³/mol. The molecule has 1 aliphatic heterocycles. The quantitative estimate of drug-likeness (QED) is 0.510. The van der Waals surface area contributed by atoms with Gasteiger partial charge in [-0.1, -0.05) is 0 Å². The van der Waals surface area contributed by atoms with Crippen molar-refractivity contribution in [3.8, 4) is 11.6 Å². The maximum Gasteiger partial charge on any atom is 0.407 e. The van der Waals surface area contributed by atoms with Crippen molar-refractivity contribution in [2.75, 3.05) is 46.2 Å². The van der Waals surface area contributed by atoms with Gasteiger partial charge in [-0.25, -0.2) is 9.78 Å². The molecule has 1 aromatic heterocycles. The highest BCUT2D eigenvalue weighted by atomic mass is 16.7. The molecule has 1 N–H and O–H groups in total. The van der Waals surface area contributed by atoms with Crippen molar-refractivity contribution in [2.24, 2.45) is 0 Å². The lowest BCUT2D eigenvalue weighted by atomic mass is 10.2. The minimum absolute atomic E-state index is 0.131. The van der Waals surface area contributed by atoms with Crippen molar-refractivity contribution in [3.05, 3.63) is 18.3 Å². The summed E-state index contributed by atoms with van der Waals surface area (Å²) in [6, 6.07) is 3.58. The normalized spacial score (nSPS) is 16.7. The number of pyridine rings is 1. The number of nitrogens with zero attached hydrogens (tertiary/aromatic N) is 1. The van der Waals surface area contributed by atoms with Crippen LogP contribution in [0.5, 0.6) is 11.6 Å². The average Bonchev–Trinajstić information content (AvgIpc) is 2.71. The van der Waals surface area contributed by atoms with Gasteiger partial charge >= 0.3 is 6.09 Å². The largest absolute Gasteiger partial charge is 0.486 e. The van der Waals surface area contributed by atoms with E-state index in [1.54, 1.807) is 18.3 Å². The van der Waals surface area contributed by atoms with Crippen LogP contribution in [0.3, 0.4) is 0 Å². The second kappa shape index (κ2) is 13.3. The van der Waals surface area contributed by atoms with E-state index in [0.29, 0.717) is 51.2 Å². The molecular weight excluding hydrogens is 392 g/mol. The Bertz CT molecular complexity index is 616. The minimum atomic E-state index is -0.517. The SMILES string of the molecule is CC(C)(C)OC(=O)NCCOCCOc1ncccc1OCCOC1CCCCO1. The number of hydrogen-bond donors (Lipinski definition) is 1. The predicted octanol–water partition coefficient (Wildman–Crippen LogP) is 2.92. The van der Waals surface area contributed by atoms with Gasteiger partial charge in [-0.05, 0) is 52.2 Å². The fourth-order valence-corrected chi connectivity index (χ4v) is 2.61. The monoisotopic (exact) mass is 426 g/mol. The zero-order valence-corrected chi connectivity index (χ0v) is 18.2. The van der Waals surface area contributed by atoms with Crippen molar-refractivity contribution in [2.45, 2.75) is 51.9 Å². The lowest BCUT2D eigenvalue weighted by molar-refractivity contribution is -0.165.